The molecular weight excluding hydrogens is 394 g/mol. The third-order valence-corrected chi connectivity index (χ3v) is 5.06. The SMILES string of the molecule is COc1ccc(Cn2c(Br)nnc2SCC(=O)O)c2ccccc12. The second-order valence-electron chi connectivity index (χ2n) is 4.99. The van der Waals surface area contributed by atoms with Gasteiger partial charge >= 0.3 is 5.97 Å². The molecule has 3 rings (SSSR count). The Morgan fingerprint density at radius 1 is 1.25 bits per heavy atom. The van der Waals surface area contributed by atoms with Gasteiger partial charge in [-0.15, -0.1) is 10.2 Å². The number of nitrogens with zero attached hydrogens (tertiary/aromatic N) is 3. The molecule has 0 amide bonds. The molecule has 0 fully saturated rings. The molecule has 0 saturated heterocycles. The fourth-order valence-corrected chi connectivity index (χ4v) is 3.60. The summed E-state index contributed by atoms with van der Waals surface area (Å²) in [7, 11) is 1.65. The van der Waals surface area contributed by atoms with E-state index in [-0.39, 0.29) is 5.75 Å². The van der Waals surface area contributed by atoms with Crippen LogP contribution >= 0.6 is 27.7 Å². The highest BCUT2D eigenvalue weighted by Gasteiger charge is 2.14. The zero-order valence-corrected chi connectivity index (χ0v) is 15.2. The van der Waals surface area contributed by atoms with Crippen molar-refractivity contribution in [3.05, 3.63) is 46.7 Å². The van der Waals surface area contributed by atoms with Gasteiger partial charge in [0.15, 0.2) is 5.16 Å². The molecule has 2 aromatic carbocycles. The van der Waals surface area contributed by atoms with Crippen molar-refractivity contribution >= 4 is 44.4 Å². The molecule has 1 heterocycles. The van der Waals surface area contributed by atoms with Gasteiger partial charge in [0.2, 0.25) is 4.73 Å². The molecule has 0 aliphatic carbocycles. The van der Waals surface area contributed by atoms with Crippen molar-refractivity contribution in [1.82, 2.24) is 14.8 Å². The maximum absolute atomic E-state index is 10.8. The molecule has 124 valence electrons. The van der Waals surface area contributed by atoms with Crippen molar-refractivity contribution in [2.24, 2.45) is 0 Å². The number of hydrogen-bond donors (Lipinski definition) is 1. The van der Waals surface area contributed by atoms with Gasteiger partial charge in [-0.3, -0.25) is 9.36 Å². The quantitative estimate of drug-likeness (QED) is 0.630. The van der Waals surface area contributed by atoms with Crippen LogP contribution in [0.25, 0.3) is 10.8 Å². The van der Waals surface area contributed by atoms with Crippen LogP contribution in [0.4, 0.5) is 0 Å². The number of benzene rings is 2. The summed E-state index contributed by atoms with van der Waals surface area (Å²) in [5.41, 5.74) is 1.07. The highest BCUT2D eigenvalue weighted by Crippen LogP contribution is 2.30. The molecule has 0 atom stereocenters. The van der Waals surface area contributed by atoms with Crippen LogP contribution in [-0.4, -0.2) is 38.7 Å². The summed E-state index contributed by atoms with van der Waals surface area (Å²) < 4.78 is 7.83. The largest absolute Gasteiger partial charge is 0.496 e. The Labute approximate surface area is 151 Å². The summed E-state index contributed by atoms with van der Waals surface area (Å²) in [6, 6.07) is 11.9. The van der Waals surface area contributed by atoms with Gasteiger partial charge in [0.05, 0.1) is 19.4 Å². The summed E-state index contributed by atoms with van der Waals surface area (Å²) in [6.07, 6.45) is 0. The van der Waals surface area contributed by atoms with Crippen LogP contribution in [0.1, 0.15) is 5.56 Å². The molecule has 0 bridgehead atoms. The Hall–Kier alpha value is -2.06. The number of fused-ring (bicyclic) bond motifs is 1. The van der Waals surface area contributed by atoms with Crippen LogP contribution in [0, 0.1) is 0 Å². The standard InChI is InChI=1S/C16H14BrN3O3S/c1-23-13-7-6-10(11-4-2-3-5-12(11)13)8-20-15(17)18-19-16(20)24-9-14(21)22/h2-7H,8-9H2,1H3,(H,21,22). The van der Waals surface area contributed by atoms with E-state index in [2.05, 4.69) is 26.1 Å². The molecule has 8 heteroatoms. The molecule has 0 aliphatic rings. The fourth-order valence-electron chi connectivity index (χ4n) is 2.46. The minimum absolute atomic E-state index is 0.0610. The highest BCUT2D eigenvalue weighted by atomic mass is 79.9. The number of carbonyl (C=O) groups is 1. The Bertz CT molecular complexity index is 897. The molecule has 6 nitrogen and oxygen atoms in total. The van der Waals surface area contributed by atoms with E-state index in [0.717, 1.165) is 33.8 Å². The van der Waals surface area contributed by atoms with Crippen LogP contribution in [-0.2, 0) is 11.3 Å². The van der Waals surface area contributed by atoms with E-state index < -0.39 is 5.97 Å². The Balaban J connectivity index is 1.99. The molecule has 0 saturated carbocycles. The summed E-state index contributed by atoms with van der Waals surface area (Å²) in [5, 5.41) is 19.6. The summed E-state index contributed by atoms with van der Waals surface area (Å²) in [6.45, 7) is 0.528. The highest BCUT2D eigenvalue weighted by molar-refractivity contribution is 9.10. The third kappa shape index (κ3) is 3.39. The van der Waals surface area contributed by atoms with E-state index in [0.29, 0.717) is 16.4 Å². The number of carboxylic acids is 1. The van der Waals surface area contributed by atoms with Crippen molar-refractivity contribution < 1.29 is 14.6 Å². The van der Waals surface area contributed by atoms with Crippen LogP contribution in [0.2, 0.25) is 0 Å². The van der Waals surface area contributed by atoms with Crippen LogP contribution in [0.3, 0.4) is 0 Å². The molecule has 0 unspecified atom stereocenters. The molecule has 1 aromatic heterocycles. The normalized spacial score (nSPS) is 10.9. The number of ether oxygens (including phenoxy) is 1. The Kier molecular flexibility index (Phi) is 5.06. The lowest BCUT2D eigenvalue weighted by Gasteiger charge is -2.12. The second-order valence-corrected chi connectivity index (χ2v) is 6.64. The maximum Gasteiger partial charge on any atom is 0.313 e. The number of halogens is 1. The van der Waals surface area contributed by atoms with E-state index in [4.69, 9.17) is 9.84 Å². The van der Waals surface area contributed by atoms with Crippen molar-refractivity contribution in [3.8, 4) is 5.75 Å². The molecular formula is C16H14BrN3O3S. The van der Waals surface area contributed by atoms with Crippen LogP contribution in [0.5, 0.6) is 5.75 Å². The first-order valence-electron chi connectivity index (χ1n) is 7.08. The van der Waals surface area contributed by atoms with E-state index in [9.17, 15) is 4.79 Å². The molecule has 0 radical (unpaired) electrons. The monoisotopic (exact) mass is 407 g/mol. The number of aromatic nitrogens is 3. The second kappa shape index (κ2) is 7.23. The van der Waals surface area contributed by atoms with Gasteiger partial charge in [-0.1, -0.05) is 42.1 Å². The first-order chi connectivity index (χ1) is 11.6. The topological polar surface area (TPSA) is 77.2 Å². The molecule has 0 aliphatic heterocycles. The van der Waals surface area contributed by atoms with Crippen molar-refractivity contribution in [2.75, 3.05) is 12.9 Å². The van der Waals surface area contributed by atoms with Gasteiger partial charge in [0.25, 0.3) is 0 Å². The third-order valence-electron chi connectivity index (χ3n) is 3.52. The smallest absolute Gasteiger partial charge is 0.313 e. The Morgan fingerprint density at radius 2 is 2.00 bits per heavy atom. The molecule has 1 N–H and O–H groups in total. The van der Waals surface area contributed by atoms with Crippen molar-refractivity contribution in [3.63, 3.8) is 0 Å². The van der Waals surface area contributed by atoms with Crippen LogP contribution < -0.4 is 4.74 Å². The van der Waals surface area contributed by atoms with Gasteiger partial charge in [0.1, 0.15) is 5.75 Å². The summed E-state index contributed by atoms with van der Waals surface area (Å²) in [5.74, 6) is -0.132. The fraction of sp³-hybridized carbons (Fsp3) is 0.188. The zero-order chi connectivity index (χ0) is 17.1. The lowest BCUT2D eigenvalue weighted by molar-refractivity contribution is -0.133. The lowest BCUT2D eigenvalue weighted by atomic mass is 10.0. The number of rotatable bonds is 6. The first-order valence-corrected chi connectivity index (χ1v) is 8.86. The zero-order valence-electron chi connectivity index (χ0n) is 12.8. The average Bonchev–Trinajstić information content (AvgIpc) is 2.93. The maximum atomic E-state index is 10.8. The van der Waals surface area contributed by atoms with E-state index in [1.165, 1.54) is 0 Å². The number of hydrogen-bond acceptors (Lipinski definition) is 5. The lowest BCUT2D eigenvalue weighted by Crippen LogP contribution is -2.05. The van der Waals surface area contributed by atoms with Gasteiger partial charge in [-0.05, 0) is 32.9 Å². The predicted molar refractivity (Wildman–Crippen MR) is 95.7 cm³/mol. The minimum Gasteiger partial charge on any atom is -0.496 e. The molecule has 24 heavy (non-hydrogen) atoms. The van der Waals surface area contributed by atoms with Crippen molar-refractivity contribution in [2.45, 2.75) is 11.7 Å². The Morgan fingerprint density at radius 3 is 2.71 bits per heavy atom. The number of carboxylic acid groups (broad SMARTS) is 1. The predicted octanol–water partition coefficient (Wildman–Crippen LogP) is 3.43. The summed E-state index contributed by atoms with van der Waals surface area (Å²) in [4.78, 5) is 10.8. The van der Waals surface area contributed by atoms with E-state index >= 15 is 0 Å². The molecule has 3 aromatic rings. The van der Waals surface area contributed by atoms with E-state index in [1.807, 2.05) is 41.0 Å². The number of methoxy groups -OCH3 is 1. The number of aliphatic carboxylic acids is 1. The van der Waals surface area contributed by atoms with Crippen molar-refractivity contribution in [1.29, 1.82) is 0 Å². The van der Waals surface area contributed by atoms with Gasteiger partial charge in [-0.2, -0.15) is 0 Å². The van der Waals surface area contributed by atoms with Gasteiger partial charge in [-0.25, -0.2) is 0 Å². The minimum atomic E-state index is -0.888. The van der Waals surface area contributed by atoms with Gasteiger partial charge < -0.3 is 9.84 Å². The number of thioether (sulfide) groups is 1. The molecule has 0 spiro atoms. The van der Waals surface area contributed by atoms with E-state index in [1.54, 1.807) is 7.11 Å². The van der Waals surface area contributed by atoms with Crippen LogP contribution in [0.15, 0.2) is 46.3 Å². The average molecular weight is 408 g/mol. The van der Waals surface area contributed by atoms with Gasteiger partial charge in [0, 0.05) is 5.39 Å². The summed E-state index contributed by atoms with van der Waals surface area (Å²) >= 11 is 4.52. The first kappa shape index (κ1) is 16.8.